The van der Waals surface area contributed by atoms with Crippen LogP contribution in [0.3, 0.4) is 0 Å². The van der Waals surface area contributed by atoms with Crippen molar-refractivity contribution >= 4 is 27.5 Å². The second-order valence-corrected chi connectivity index (χ2v) is 13.8. The maximum atomic E-state index is 14.7. The standard InChI is InChI=1S/C38H43N3O6S/c1-46-35-24-23-32(26-36(35)47-2)41(48(44,45)33-21-13-6-14-22-33)28-37(42)40(27-30-17-9-4-10-18-30)34(25-29-15-7-3-8-16-29)38(43)39-31-19-11-5-12-20-31/h3-4,6-10,13-18,21-24,26,31,34H,5,11-12,19-20,25,27-28H2,1-2H3,(H,39,43)/t34-/m1/s1. The van der Waals surface area contributed by atoms with Gasteiger partial charge in [-0.15, -0.1) is 0 Å². The van der Waals surface area contributed by atoms with Crippen LogP contribution in [0.25, 0.3) is 0 Å². The van der Waals surface area contributed by atoms with Crippen LogP contribution in [0, 0.1) is 0 Å². The molecule has 0 radical (unpaired) electrons. The first-order valence-electron chi connectivity index (χ1n) is 16.3. The molecule has 0 aliphatic heterocycles. The molecule has 1 fully saturated rings. The summed E-state index contributed by atoms with van der Waals surface area (Å²) in [5, 5.41) is 3.23. The SMILES string of the molecule is COc1ccc(N(CC(=O)N(Cc2ccccc2)[C@H](Cc2ccccc2)C(=O)NC2CCCCC2)S(=O)(=O)c2ccccc2)cc1OC. The third-order valence-corrected chi connectivity index (χ3v) is 10.5. The number of benzene rings is 4. The molecule has 1 N–H and O–H groups in total. The van der Waals surface area contributed by atoms with E-state index in [1.807, 2.05) is 60.7 Å². The zero-order chi connectivity index (χ0) is 33.9. The molecule has 2 amide bonds. The minimum Gasteiger partial charge on any atom is -0.493 e. The number of nitrogens with one attached hydrogen (secondary N) is 1. The Kier molecular flexibility index (Phi) is 11.7. The molecule has 1 atom stereocenters. The van der Waals surface area contributed by atoms with E-state index in [0.29, 0.717) is 11.5 Å². The van der Waals surface area contributed by atoms with Crippen LogP contribution in [0.2, 0.25) is 0 Å². The lowest BCUT2D eigenvalue weighted by Gasteiger charge is -2.35. The van der Waals surface area contributed by atoms with Crippen molar-refractivity contribution in [2.45, 2.75) is 62.0 Å². The van der Waals surface area contributed by atoms with Gasteiger partial charge in [-0.25, -0.2) is 8.42 Å². The van der Waals surface area contributed by atoms with Crippen LogP contribution < -0.4 is 19.1 Å². The number of methoxy groups -OCH3 is 2. The fourth-order valence-corrected chi connectivity index (χ4v) is 7.53. The van der Waals surface area contributed by atoms with Crippen LogP contribution in [0.5, 0.6) is 11.5 Å². The topological polar surface area (TPSA) is 105 Å². The van der Waals surface area contributed by atoms with Crippen molar-refractivity contribution in [1.82, 2.24) is 10.2 Å². The lowest BCUT2D eigenvalue weighted by Crippen LogP contribution is -2.55. The van der Waals surface area contributed by atoms with Gasteiger partial charge in [0.05, 0.1) is 24.8 Å². The molecule has 4 aromatic carbocycles. The normalized spacial score (nSPS) is 14.0. The smallest absolute Gasteiger partial charge is 0.264 e. The number of sulfonamides is 1. The molecule has 0 bridgehead atoms. The molecule has 1 aliphatic rings. The summed E-state index contributed by atoms with van der Waals surface area (Å²) < 4.78 is 40.5. The van der Waals surface area contributed by atoms with E-state index >= 15 is 0 Å². The predicted molar refractivity (Wildman–Crippen MR) is 186 cm³/mol. The maximum Gasteiger partial charge on any atom is 0.264 e. The molecule has 0 spiro atoms. The average Bonchev–Trinajstić information content (AvgIpc) is 3.13. The van der Waals surface area contributed by atoms with Crippen molar-refractivity contribution < 1.29 is 27.5 Å². The van der Waals surface area contributed by atoms with Gasteiger partial charge in [-0.1, -0.05) is 98.1 Å². The van der Waals surface area contributed by atoms with E-state index in [-0.39, 0.29) is 35.5 Å². The summed E-state index contributed by atoms with van der Waals surface area (Å²) in [4.78, 5) is 30.5. The zero-order valence-corrected chi connectivity index (χ0v) is 28.3. The number of amides is 2. The van der Waals surface area contributed by atoms with Crippen LogP contribution in [0.1, 0.15) is 43.2 Å². The van der Waals surface area contributed by atoms with Crippen molar-refractivity contribution in [2.75, 3.05) is 25.1 Å². The van der Waals surface area contributed by atoms with Crippen LogP contribution in [0.4, 0.5) is 5.69 Å². The van der Waals surface area contributed by atoms with E-state index in [4.69, 9.17) is 9.47 Å². The molecular formula is C38H43N3O6S. The second kappa shape index (κ2) is 16.3. The Morgan fingerprint density at radius 1 is 0.771 bits per heavy atom. The Balaban J connectivity index is 1.57. The Morgan fingerprint density at radius 3 is 1.96 bits per heavy atom. The molecule has 0 unspecified atom stereocenters. The molecule has 1 saturated carbocycles. The Bertz CT molecular complexity index is 1750. The minimum absolute atomic E-state index is 0.0260. The number of anilines is 1. The van der Waals surface area contributed by atoms with Crippen LogP contribution in [0.15, 0.2) is 114 Å². The highest BCUT2D eigenvalue weighted by Crippen LogP contribution is 2.34. The Labute approximate surface area is 283 Å². The minimum atomic E-state index is -4.24. The summed E-state index contributed by atoms with van der Waals surface area (Å²) in [5.41, 5.74) is 1.93. The van der Waals surface area contributed by atoms with Gasteiger partial charge in [0, 0.05) is 25.1 Å². The highest BCUT2D eigenvalue weighted by Gasteiger charge is 2.35. The number of rotatable bonds is 14. The summed E-state index contributed by atoms with van der Waals surface area (Å²) >= 11 is 0. The van der Waals surface area contributed by atoms with Crippen molar-refractivity contribution in [3.63, 3.8) is 0 Å². The molecule has 5 rings (SSSR count). The van der Waals surface area contributed by atoms with Crippen LogP contribution in [-0.2, 0) is 32.6 Å². The number of hydrogen-bond donors (Lipinski definition) is 1. The number of ether oxygens (including phenoxy) is 2. The van der Waals surface area contributed by atoms with E-state index < -0.39 is 28.5 Å². The first-order chi connectivity index (χ1) is 23.3. The van der Waals surface area contributed by atoms with E-state index in [0.717, 1.165) is 47.5 Å². The van der Waals surface area contributed by atoms with Crippen molar-refractivity contribution in [2.24, 2.45) is 0 Å². The van der Waals surface area contributed by atoms with Gasteiger partial charge >= 0.3 is 0 Å². The lowest BCUT2D eigenvalue weighted by atomic mass is 9.94. The molecule has 10 heteroatoms. The zero-order valence-electron chi connectivity index (χ0n) is 27.5. The molecule has 9 nitrogen and oxygen atoms in total. The van der Waals surface area contributed by atoms with Gasteiger partial charge in [0.2, 0.25) is 11.8 Å². The highest BCUT2D eigenvalue weighted by atomic mass is 32.2. The molecule has 252 valence electrons. The fraction of sp³-hybridized carbons (Fsp3) is 0.316. The van der Waals surface area contributed by atoms with Crippen molar-refractivity contribution in [3.8, 4) is 11.5 Å². The van der Waals surface area contributed by atoms with E-state index in [9.17, 15) is 18.0 Å². The average molecular weight is 670 g/mol. The number of carbonyl (C=O) groups is 2. The first kappa shape index (κ1) is 34.5. The van der Waals surface area contributed by atoms with Gasteiger partial charge < -0.3 is 19.7 Å². The van der Waals surface area contributed by atoms with Crippen molar-refractivity contribution in [3.05, 3.63) is 120 Å². The highest BCUT2D eigenvalue weighted by molar-refractivity contribution is 7.92. The van der Waals surface area contributed by atoms with Crippen LogP contribution >= 0.6 is 0 Å². The summed E-state index contributed by atoms with van der Waals surface area (Å²) in [7, 11) is -1.28. The van der Waals surface area contributed by atoms with Gasteiger partial charge in [0.1, 0.15) is 12.6 Å². The fourth-order valence-electron chi connectivity index (χ4n) is 6.11. The van der Waals surface area contributed by atoms with E-state index in [1.165, 1.54) is 37.3 Å². The first-order valence-corrected chi connectivity index (χ1v) is 17.7. The largest absolute Gasteiger partial charge is 0.493 e. The quantitative estimate of drug-likeness (QED) is 0.177. The Morgan fingerprint density at radius 2 is 1.35 bits per heavy atom. The third kappa shape index (κ3) is 8.55. The second-order valence-electron chi connectivity index (χ2n) is 11.9. The molecule has 1 aliphatic carbocycles. The van der Waals surface area contributed by atoms with Gasteiger partial charge in [-0.3, -0.25) is 13.9 Å². The molecule has 0 heterocycles. The van der Waals surface area contributed by atoms with Gasteiger partial charge in [0.15, 0.2) is 11.5 Å². The van der Waals surface area contributed by atoms with Gasteiger partial charge in [0.25, 0.3) is 10.0 Å². The molecule has 0 aromatic heterocycles. The molecule has 48 heavy (non-hydrogen) atoms. The van der Waals surface area contributed by atoms with Crippen molar-refractivity contribution in [1.29, 1.82) is 0 Å². The number of carbonyl (C=O) groups excluding carboxylic acids is 2. The molecule has 4 aromatic rings. The monoisotopic (exact) mass is 669 g/mol. The van der Waals surface area contributed by atoms with Crippen LogP contribution in [-0.4, -0.2) is 58.0 Å². The summed E-state index contributed by atoms with van der Waals surface area (Å²) in [6.45, 7) is -0.442. The maximum absolute atomic E-state index is 14.7. The van der Waals surface area contributed by atoms with Gasteiger partial charge in [-0.05, 0) is 48.2 Å². The summed E-state index contributed by atoms with van der Waals surface area (Å²) in [5.74, 6) is -0.0465. The van der Waals surface area contributed by atoms with E-state index in [1.54, 1.807) is 30.3 Å². The van der Waals surface area contributed by atoms with Gasteiger partial charge in [-0.2, -0.15) is 0 Å². The lowest BCUT2D eigenvalue weighted by molar-refractivity contribution is -0.140. The summed E-state index contributed by atoms with van der Waals surface area (Å²) in [6, 6.07) is 30.8. The molecule has 0 saturated heterocycles. The van der Waals surface area contributed by atoms with E-state index in [2.05, 4.69) is 5.32 Å². The number of hydrogen-bond acceptors (Lipinski definition) is 6. The number of nitrogens with zero attached hydrogens (tertiary/aromatic N) is 2. The predicted octanol–water partition coefficient (Wildman–Crippen LogP) is 5.99. The third-order valence-electron chi connectivity index (χ3n) is 8.68. The molecular weight excluding hydrogens is 627 g/mol. The Hall–Kier alpha value is -4.83. The summed E-state index contributed by atoms with van der Waals surface area (Å²) in [6.07, 6.45) is 5.26.